The molecule has 0 spiro atoms. The quantitative estimate of drug-likeness (QED) is 0.806. The third-order valence-electron chi connectivity index (χ3n) is 2.46. The molecule has 0 aromatic carbocycles. The summed E-state index contributed by atoms with van der Waals surface area (Å²) in [7, 11) is 4.02. The van der Waals surface area contributed by atoms with E-state index in [2.05, 4.69) is 36.2 Å². The van der Waals surface area contributed by atoms with Gasteiger partial charge >= 0.3 is 0 Å². The second-order valence-corrected chi connectivity index (χ2v) is 5.06. The van der Waals surface area contributed by atoms with Crippen molar-refractivity contribution in [1.82, 2.24) is 4.98 Å². The Labute approximate surface area is 101 Å². The number of thiophene rings is 1. The lowest BCUT2D eigenvalue weighted by atomic mass is 10.3. The third-order valence-corrected chi connectivity index (χ3v) is 3.71. The number of aryl methyl sites for hydroxylation is 1. The van der Waals surface area contributed by atoms with Crippen LogP contribution in [0.2, 0.25) is 0 Å². The highest BCUT2D eigenvalue weighted by Gasteiger charge is 2.04. The Bertz CT molecular complexity index is 474. The molecule has 0 fully saturated rings. The van der Waals surface area contributed by atoms with E-state index in [1.807, 2.05) is 36.4 Å². The van der Waals surface area contributed by atoms with E-state index in [0.717, 1.165) is 17.9 Å². The number of hydrogen-bond acceptors (Lipinski definition) is 3. The standard InChI is InChI=1S/C13H16N2S/c1-4-10-8-9-12(16-10)11-6-5-7-13(14-11)15(2)3/h5-9H,4H2,1-3H3. The summed E-state index contributed by atoms with van der Waals surface area (Å²) < 4.78 is 0. The summed E-state index contributed by atoms with van der Waals surface area (Å²) in [5.74, 6) is 1.00. The predicted octanol–water partition coefficient (Wildman–Crippen LogP) is 3.44. The molecule has 0 aliphatic rings. The maximum absolute atomic E-state index is 4.63. The summed E-state index contributed by atoms with van der Waals surface area (Å²) in [6.07, 6.45) is 1.10. The van der Waals surface area contributed by atoms with Crippen molar-refractivity contribution in [1.29, 1.82) is 0 Å². The van der Waals surface area contributed by atoms with Crippen LogP contribution in [0, 0.1) is 0 Å². The van der Waals surface area contributed by atoms with Crippen molar-refractivity contribution in [3.63, 3.8) is 0 Å². The van der Waals surface area contributed by atoms with E-state index in [1.165, 1.54) is 9.75 Å². The molecule has 0 N–H and O–H groups in total. The summed E-state index contributed by atoms with van der Waals surface area (Å²) in [5.41, 5.74) is 1.07. The number of rotatable bonds is 3. The Morgan fingerprint density at radius 3 is 2.62 bits per heavy atom. The zero-order valence-electron chi connectivity index (χ0n) is 9.90. The normalized spacial score (nSPS) is 10.4. The third kappa shape index (κ3) is 2.25. The molecule has 0 aliphatic carbocycles. The van der Waals surface area contributed by atoms with Crippen molar-refractivity contribution in [2.24, 2.45) is 0 Å². The summed E-state index contributed by atoms with van der Waals surface area (Å²) >= 11 is 1.83. The van der Waals surface area contributed by atoms with Crippen LogP contribution in [0.1, 0.15) is 11.8 Å². The predicted molar refractivity (Wildman–Crippen MR) is 71.3 cm³/mol. The van der Waals surface area contributed by atoms with Crippen molar-refractivity contribution >= 4 is 17.2 Å². The van der Waals surface area contributed by atoms with E-state index < -0.39 is 0 Å². The molecule has 16 heavy (non-hydrogen) atoms. The molecule has 2 aromatic rings. The molecule has 0 aliphatic heterocycles. The minimum atomic E-state index is 1.00. The van der Waals surface area contributed by atoms with Gasteiger partial charge < -0.3 is 4.90 Å². The van der Waals surface area contributed by atoms with Crippen molar-refractivity contribution < 1.29 is 0 Å². The Hall–Kier alpha value is -1.35. The molecule has 84 valence electrons. The Kier molecular flexibility index (Phi) is 3.25. The number of nitrogens with zero attached hydrogens (tertiary/aromatic N) is 2. The van der Waals surface area contributed by atoms with Crippen LogP contribution in [0.5, 0.6) is 0 Å². The average molecular weight is 232 g/mol. The molecule has 2 nitrogen and oxygen atoms in total. The molecule has 2 heterocycles. The van der Waals surface area contributed by atoms with Gasteiger partial charge in [0, 0.05) is 19.0 Å². The smallest absolute Gasteiger partial charge is 0.128 e. The molecule has 0 unspecified atom stereocenters. The molecular weight excluding hydrogens is 216 g/mol. The first kappa shape index (κ1) is 11.1. The van der Waals surface area contributed by atoms with Crippen LogP contribution in [0.25, 0.3) is 10.6 Å². The summed E-state index contributed by atoms with van der Waals surface area (Å²) in [4.78, 5) is 9.31. The van der Waals surface area contributed by atoms with Crippen LogP contribution < -0.4 is 4.90 Å². The van der Waals surface area contributed by atoms with Gasteiger partial charge in [0.2, 0.25) is 0 Å². The van der Waals surface area contributed by atoms with Gasteiger partial charge in [-0.25, -0.2) is 4.98 Å². The minimum absolute atomic E-state index is 1.00. The highest BCUT2D eigenvalue weighted by Crippen LogP contribution is 2.27. The fourth-order valence-electron chi connectivity index (χ4n) is 1.52. The number of pyridine rings is 1. The summed E-state index contributed by atoms with van der Waals surface area (Å²) in [6, 6.07) is 10.5. The van der Waals surface area contributed by atoms with Gasteiger partial charge in [0.25, 0.3) is 0 Å². The average Bonchev–Trinajstić information content (AvgIpc) is 2.77. The minimum Gasteiger partial charge on any atom is -0.363 e. The van der Waals surface area contributed by atoms with Gasteiger partial charge in [0.1, 0.15) is 5.82 Å². The molecular formula is C13H16N2S. The van der Waals surface area contributed by atoms with Crippen molar-refractivity contribution in [3.8, 4) is 10.6 Å². The van der Waals surface area contributed by atoms with Crippen LogP contribution in [0.4, 0.5) is 5.82 Å². The van der Waals surface area contributed by atoms with Crippen molar-refractivity contribution in [2.75, 3.05) is 19.0 Å². The van der Waals surface area contributed by atoms with Gasteiger partial charge in [-0.1, -0.05) is 13.0 Å². The van der Waals surface area contributed by atoms with E-state index in [0.29, 0.717) is 0 Å². The Morgan fingerprint density at radius 1 is 1.19 bits per heavy atom. The highest BCUT2D eigenvalue weighted by molar-refractivity contribution is 7.15. The number of hydrogen-bond donors (Lipinski definition) is 0. The maximum atomic E-state index is 4.63. The second kappa shape index (κ2) is 4.66. The fourth-order valence-corrected chi connectivity index (χ4v) is 2.43. The van der Waals surface area contributed by atoms with Crippen molar-refractivity contribution in [2.45, 2.75) is 13.3 Å². The lowest BCUT2D eigenvalue weighted by molar-refractivity contribution is 1.07. The lowest BCUT2D eigenvalue weighted by Crippen LogP contribution is -2.10. The zero-order valence-corrected chi connectivity index (χ0v) is 10.7. The topological polar surface area (TPSA) is 16.1 Å². The van der Waals surface area contributed by atoms with E-state index in [9.17, 15) is 0 Å². The first-order chi connectivity index (χ1) is 7.70. The van der Waals surface area contributed by atoms with Crippen LogP contribution >= 0.6 is 11.3 Å². The van der Waals surface area contributed by atoms with Gasteiger partial charge in [0.05, 0.1) is 10.6 Å². The maximum Gasteiger partial charge on any atom is 0.128 e. The van der Waals surface area contributed by atoms with Gasteiger partial charge in [-0.05, 0) is 30.7 Å². The highest BCUT2D eigenvalue weighted by atomic mass is 32.1. The van der Waals surface area contributed by atoms with Crippen LogP contribution in [-0.2, 0) is 6.42 Å². The number of aromatic nitrogens is 1. The molecule has 0 atom stereocenters. The van der Waals surface area contributed by atoms with Crippen LogP contribution in [-0.4, -0.2) is 19.1 Å². The molecule has 0 amide bonds. The second-order valence-electron chi connectivity index (χ2n) is 3.89. The van der Waals surface area contributed by atoms with E-state index in [1.54, 1.807) is 0 Å². The van der Waals surface area contributed by atoms with Gasteiger partial charge in [-0.2, -0.15) is 0 Å². The first-order valence-electron chi connectivity index (χ1n) is 5.44. The van der Waals surface area contributed by atoms with Gasteiger partial charge in [-0.3, -0.25) is 0 Å². The van der Waals surface area contributed by atoms with Crippen molar-refractivity contribution in [3.05, 3.63) is 35.2 Å². The Balaban J connectivity index is 2.36. The van der Waals surface area contributed by atoms with Gasteiger partial charge in [-0.15, -0.1) is 11.3 Å². The number of anilines is 1. The molecule has 0 saturated carbocycles. The largest absolute Gasteiger partial charge is 0.363 e. The molecule has 2 rings (SSSR count). The van der Waals surface area contributed by atoms with E-state index in [-0.39, 0.29) is 0 Å². The van der Waals surface area contributed by atoms with Gasteiger partial charge in [0.15, 0.2) is 0 Å². The zero-order chi connectivity index (χ0) is 11.5. The lowest BCUT2D eigenvalue weighted by Gasteiger charge is -2.11. The molecule has 2 aromatic heterocycles. The molecule has 0 radical (unpaired) electrons. The van der Waals surface area contributed by atoms with E-state index in [4.69, 9.17) is 0 Å². The Morgan fingerprint density at radius 2 is 2.00 bits per heavy atom. The van der Waals surface area contributed by atoms with Crippen LogP contribution in [0.15, 0.2) is 30.3 Å². The summed E-state index contributed by atoms with van der Waals surface area (Å²) in [6.45, 7) is 2.18. The summed E-state index contributed by atoms with van der Waals surface area (Å²) in [5, 5.41) is 0. The molecule has 0 saturated heterocycles. The SMILES string of the molecule is CCc1ccc(-c2cccc(N(C)C)n2)s1. The van der Waals surface area contributed by atoms with E-state index >= 15 is 0 Å². The molecule has 3 heteroatoms. The first-order valence-corrected chi connectivity index (χ1v) is 6.26. The fraction of sp³-hybridized carbons (Fsp3) is 0.308. The van der Waals surface area contributed by atoms with Crippen LogP contribution in [0.3, 0.4) is 0 Å². The molecule has 0 bridgehead atoms. The monoisotopic (exact) mass is 232 g/mol.